The summed E-state index contributed by atoms with van der Waals surface area (Å²) in [6.07, 6.45) is 8.09. The van der Waals surface area contributed by atoms with Crippen LogP contribution in [0.2, 0.25) is 0 Å². The first-order valence-corrected chi connectivity index (χ1v) is 9.67. The lowest BCUT2D eigenvalue weighted by molar-refractivity contribution is -0.133. The summed E-state index contributed by atoms with van der Waals surface area (Å²) in [5.41, 5.74) is 2.26. The lowest BCUT2D eigenvalue weighted by Crippen LogP contribution is -2.40. The van der Waals surface area contributed by atoms with Crippen LogP contribution in [0.1, 0.15) is 60.9 Å². The molecule has 1 saturated heterocycles. The molecule has 0 aliphatic carbocycles. The minimum Gasteiger partial charge on any atom is -0.343 e. The van der Waals surface area contributed by atoms with Gasteiger partial charge in [0.15, 0.2) is 5.78 Å². The molecule has 0 N–H and O–H groups in total. The van der Waals surface area contributed by atoms with Gasteiger partial charge in [0.05, 0.1) is 23.6 Å². The molecule has 0 aromatic carbocycles. The molecule has 7 nitrogen and oxygen atoms in total. The molecule has 3 heterocycles. The normalized spacial score (nSPS) is 16.5. The minimum absolute atomic E-state index is 0.0229. The van der Waals surface area contributed by atoms with E-state index in [9.17, 15) is 9.59 Å². The molecule has 0 saturated carbocycles. The van der Waals surface area contributed by atoms with Crippen LogP contribution in [0.3, 0.4) is 0 Å². The predicted molar refractivity (Wildman–Crippen MR) is 103 cm³/mol. The van der Waals surface area contributed by atoms with E-state index < -0.39 is 0 Å². The zero-order chi connectivity index (χ0) is 19.6. The number of hydrogen-bond donors (Lipinski definition) is 0. The van der Waals surface area contributed by atoms with Crippen molar-refractivity contribution in [3.63, 3.8) is 0 Å². The average Bonchev–Trinajstić information content (AvgIpc) is 3.22. The van der Waals surface area contributed by atoms with E-state index in [2.05, 4.69) is 14.6 Å². The highest BCUT2D eigenvalue weighted by Crippen LogP contribution is 2.23. The van der Waals surface area contributed by atoms with E-state index in [0.717, 1.165) is 43.9 Å². The SMILES string of the molecule is CC(=O)c1c(C)nn(C(C)CC(=O)N2CCC(Cn3ccnc3)CC2)c1C. The predicted octanol–water partition coefficient (Wildman–Crippen LogP) is 2.79. The van der Waals surface area contributed by atoms with E-state index >= 15 is 0 Å². The number of piperidine rings is 1. The van der Waals surface area contributed by atoms with Gasteiger partial charge in [-0.25, -0.2) is 4.98 Å². The highest BCUT2D eigenvalue weighted by Gasteiger charge is 2.26. The van der Waals surface area contributed by atoms with Crippen LogP contribution in [0.5, 0.6) is 0 Å². The van der Waals surface area contributed by atoms with E-state index in [-0.39, 0.29) is 17.7 Å². The van der Waals surface area contributed by atoms with Crippen molar-refractivity contribution in [2.24, 2.45) is 5.92 Å². The van der Waals surface area contributed by atoms with Gasteiger partial charge in [-0.1, -0.05) is 0 Å². The summed E-state index contributed by atoms with van der Waals surface area (Å²) in [4.78, 5) is 30.6. The standard InChI is InChI=1S/C20H29N5O2/c1-14(25-16(3)20(17(4)26)15(2)22-25)11-19(27)24-8-5-18(6-9-24)12-23-10-7-21-13-23/h7,10,13-14,18H,5-6,8-9,11-12H2,1-4H3. The van der Waals surface area contributed by atoms with Crippen LogP contribution in [0.25, 0.3) is 0 Å². The van der Waals surface area contributed by atoms with Gasteiger partial charge in [-0.05, 0) is 46.5 Å². The van der Waals surface area contributed by atoms with Crippen molar-refractivity contribution in [3.8, 4) is 0 Å². The number of amides is 1. The van der Waals surface area contributed by atoms with Gasteiger partial charge in [0.25, 0.3) is 0 Å². The Bertz CT molecular complexity index is 801. The third kappa shape index (κ3) is 4.28. The molecule has 27 heavy (non-hydrogen) atoms. The fourth-order valence-electron chi connectivity index (χ4n) is 4.13. The maximum Gasteiger partial charge on any atom is 0.224 e. The number of ketones is 1. The van der Waals surface area contributed by atoms with E-state index in [1.165, 1.54) is 0 Å². The van der Waals surface area contributed by atoms with Crippen molar-refractivity contribution in [1.29, 1.82) is 0 Å². The van der Waals surface area contributed by atoms with Gasteiger partial charge in [0, 0.05) is 44.1 Å². The molecule has 146 valence electrons. The third-order valence-electron chi connectivity index (χ3n) is 5.56. The summed E-state index contributed by atoms with van der Waals surface area (Å²) >= 11 is 0. The Morgan fingerprint density at radius 2 is 1.96 bits per heavy atom. The number of aryl methyl sites for hydroxylation is 1. The Morgan fingerprint density at radius 3 is 2.52 bits per heavy atom. The zero-order valence-electron chi connectivity index (χ0n) is 16.7. The summed E-state index contributed by atoms with van der Waals surface area (Å²) in [6.45, 7) is 9.89. The highest BCUT2D eigenvalue weighted by molar-refractivity contribution is 5.96. The first-order chi connectivity index (χ1) is 12.9. The molecule has 1 atom stereocenters. The Morgan fingerprint density at radius 1 is 1.26 bits per heavy atom. The molecule has 3 rings (SSSR count). The largest absolute Gasteiger partial charge is 0.343 e. The van der Waals surface area contributed by atoms with E-state index in [4.69, 9.17) is 0 Å². The van der Waals surface area contributed by atoms with Crippen molar-refractivity contribution >= 4 is 11.7 Å². The molecule has 1 fully saturated rings. The van der Waals surface area contributed by atoms with Crippen molar-refractivity contribution in [2.75, 3.05) is 13.1 Å². The topological polar surface area (TPSA) is 73.0 Å². The fourth-order valence-corrected chi connectivity index (χ4v) is 4.13. The number of imidazole rings is 1. The molecule has 2 aromatic heterocycles. The first-order valence-electron chi connectivity index (χ1n) is 9.67. The monoisotopic (exact) mass is 371 g/mol. The van der Waals surface area contributed by atoms with E-state index in [1.54, 1.807) is 13.1 Å². The van der Waals surface area contributed by atoms with E-state index in [1.807, 2.05) is 42.9 Å². The second-order valence-electron chi connectivity index (χ2n) is 7.68. The summed E-state index contributed by atoms with van der Waals surface area (Å²) in [5, 5.41) is 4.50. The van der Waals surface area contributed by atoms with Crippen LogP contribution in [-0.2, 0) is 11.3 Å². The van der Waals surface area contributed by atoms with Crippen LogP contribution in [0.15, 0.2) is 18.7 Å². The molecule has 7 heteroatoms. The highest BCUT2D eigenvalue weighted by atomic mass is 16.2. The maximum atomic E-state index is 12.7. The number of likely N-dealkylation sites (tertiary alicyclic amines) is 1. The number of nitrogens with zero attached hydrogens (tertiary/aromatic N) is 5. The minimum atomic E-state index is -0.0621. The van der Waals surface area contributed by atoms with Crippen LogP contribution in [0, 0.1) is 19.8 Å². The average molecular weight is 371 g/mol. The van der Waals surface area contributed by atoms with Gasteiger partial charge < -0.3 is 9.47 Å². The van der Waals surface area contributed by atoms with Gasteiger partial charge in [-0.2, -0.15) is 5.10 Å². The molecule has 0 radical (unpaired) electrons. The molecule has 1 unspecified atom stereocenters. The summed E-state index contributed by atoms with van der Waals surface area (Å²) in [6, 6.07) is -0.0621. The fraction of sp³-hybridized carbons (Fsp3) is 0.600. The Hall–Kier alpha value is -2.44. The van der Waals surface area contributed by atoms with Crippen molar-refractivity contribution in [1.82, 2.24) is 24.2 Å². The van der Waals surface area contributed by atoms with Crippen molar-refractivity contribution in [2.45, 2.75) is 59.5 Å². The molecule has 0 spiro atoms. The smallest absolute Gasteiger partial charge is 0.224 e. The second-order valence-corrected chi connectivity index (χ2v) is 7.68. The van der Waals surface area contributed by atoms with Gasteiger partial charge in [-0.3, -0.25) is 14.3 Å². The lowest BCUT2D eigenvalue weighted by Gasteiger charge is -2.33. The van der Waals surface area contributed by atoms with Crippen molar-refractivity contribution < 1.29 is 9.59 Å². The summed E-state index contributed by atoms with van der Waals surface area (Å²) in [5.74, 6) is 0.782. The Balaban J connectivity index is 1.55. The molecule has 1 aliphatic rings. The van der Waals surface area contributed by atoms with Crippen LogP contribution >= 0.6 is 0 Å². The van der Waals surface area contributed by atoms with E-state index in [0.29, 0.717) is 17.9 Å². The molecule has 0 bridgehead atoms. The third-order valence-corrected chi connectivity index (χ3v) is 5.56. The van der Waals surface area contributed by atoms with Crippen LogP contribution in [-0.4, -0.2) is 49.0 Å². The number of rotatable bonds is 6. The number of carbonyl (C=O) groups excluding carboxylic acids is 2. The molecule has 1 amide bonds. The first kappa shape index (κ1) is 19.3. The molecular weight excluding hydrogens is 342 g/mol. The number of Topliss-reactive ketones (excluding diaryl/α,β-unsaturated/α-hetero) is 1. The maximum absolute atomic E-state index is 12.7. The van der Waals surface area contributed by atoms with Gasteiger partial charge in [0.2, 0.25) is 5.91 Å². The molecule has 2 aromatic rings. The summed E-state index contributed by atoms with van der Waals surface area (Å²) < 4.78 is 3.94. The van der Waals surface area contributed by atoms with Crippen molar-refractivity contribution in [3.05, 3.63) is 35.7 Å². The Kier molecular flexibility index (Phi) is 5.77. The van der Waals surface area contributed by atoms with Gasteiger partial charge >= 0.3 is 0 Å². The van der Waals surface area contributed by atoms with Gasteiger partial charge in [0.1, 0.15) is 0 Å². The molecule has 1 aliphatic heterocycles. The number of carbonyl (C=O) groups is 2. The molecular formula is C20H29N5O2. The van der Waals surface area contributed by atoms with Crippen LogP contribution in [0.4, 0.5) is 0 Å². The second kappa shape index (κ2) is 8.06. The Labute approximate surface area is 160 Å². The number of hydrogen-bond acceptors (Lipinski definition) is 4. The zero-order valence-corrected chi connectivity index (χ0v) is 16.7. The lowest BCUT2D eigenvalue weighted by atomic mass is 9.96. The summed E-state index contributed by atoms with van der Waals surface area (Å²) in [7, 11) is 0. The number of aromatic nitrogens is 4. The van der Waals surface area contributed by atoms with Gasteiger partial charge in [-0.15, -0.1) is 0 Å². The van der Waals surface area contributed by atoms with Crippen LogP contribution < -0.4 is 0 Å². The quantitative estimate of drug-likeness (QED) is 0.732.